The van der Waals surface area contributed by atoms with Crippen molar-refractivity contribution in [2.45, 2.75) is 44.2 Å². The highest BCUT2D eigenvalue weighted by Gasteiger charge is 2.65. The Morgan fingerprint density at radius 3 is 2.70 bits per heavy atom. The van der Waals surface area contributed by atoms with E-state index < -0.39 is 49.7 Å². The lowest BCUT2D eigenvalue weighted by atomic mass is 9.96. The molecular formula is C20H24N4O8P+. The Hall–Kier alpha value is -2.89. The highest BCUT2D eigenvalue weighted by Crippen LogP contribution is 2.62. The summed E-state index contributed by atoms with van der Waals surface area (Å²) in [5.41, 5.74) is 4.26. The van der Waals surface area contributed by atoms with Crippen LogP contribution in [0.1, 0.15) is 26.0 Å². The van der Waals surface area contributed by atoms with Crippen LogP contribution in [-0.2, 0) is 18.6 Å². The number of carboxylic acid groups (broad SMARTS) is 1. The molecule has 5 atom stereocenters. The first-order chi connectivity index (χ1) is 15.7. The van der Waals surface area contributed by atoms with Crippen molar-refractivity contribution in [3.05, 3.63) is 53.1 Å². The van der Waals surface area contributed by atoms with Gasteiger partial charge in [0.05, 0.1) is 6.10 Å². The summed E-state index contributed by atoms with van der Waals surface area (Å²) in [5, 5.41) is 20.2. The molecule has 33 heavy (non-hydrogen) atoms. The topological polar surface area (TPSA) is 166 Å². The van der Waals surface area contributed by atoms with Gasteiger partial charge in [-0.05, 0) is 42.5 Å². The molecule has 0 bridgehead atoms. The molecule has 4 rings (SSSR count). The summed E-state index contributed by atoms with van der Waals surface area (Å²) in [4.78, 5) is 33.7. The quantitative estimate of drug-likeness (QED) is 0.350. The lowest BCUT2D eigenvalue weighted by molar-refractivity contribution is -0.148. The largest absolute Gasteiger partial charge is 0.653 e. The van der Waals surface area contributed by atoms with Crippen LogP contribution in [0.2, 0.25) is 0 Å². The normalized spacial score (nSPS) is 24.6. The van der Waals surface area contributed by atoms with Gasteiger partial charge in [0, 0.05) is 11.6 Å². The number of carbonyl (C=O) groups is 1. The summed E-state index contributed by atoms with van der Waals surface area (Å²) in [6.07, 6.45) is 0.0230. The molecule has 2 aromatic rings. The second-order valence-electron chi connectivity index (χ2n) is 8.00. The van der Waals surface area contributed by atoms with Gasteiger partial charge in [0.1, 0.15) is 29.6 Å². The Balaban J connectivity index is 1.46. The van der Waals surface area contributed by atoms with Crippen LogP contribution < -0.4 is 16.3 Å². The van der Waals surface area contributed by atoms with Crippen LogP contribution in [0, 0.1) is 5.41 Å². The number of carboxylic acids is 1. The molecule has 0 amide bonds. The standard InChI is InChI=1S/C20H23N4O8P/c1-12(17(26)27)24(32-13-5-3-2-4-6-13)33(29)30-11-14-16(25)20(8-9-20)18(31-14)23-10-7-15(21)22-19(23)28/h2-7,10,12,14,16,18,25H,8-9,11H2,1H3,(H2-,21,22,26,27,28)/p+1/t12?,14-,16-,18-/m1/s1. The molecule has 12 nitrogen and oxygen atoms in total. The average Bonchev–Trinajstić information content (AvgIpc) is 3.54. The van der Waals surface area contributed by atoms with E-state index in [1.54, 1.807) is 30.3 Å². The highest BCUT2D eigenvalue weighted by atomic mass is 31.1. The maximum atomic E-state index is 12.8. The van der Waals surface area contributed by atoms with Gasteiger partial charge in [-0.3, -0.25) is 9.36 Å². The number of nitrogen functional groups attached to an aromatic ring is 1. The van der Waals surface area contributed by atoms with E-state index in [9.17, 15) is 24.4 Å². The summed E-state index contributed by atoms with van der Waals surface area (Å²) >= 11 is 0. The minimum absolute atomic E-state index is 0.0718. The van der Waals surface area contributed by atoms with E-state index in [2.05, 4.69) is 4.98 Å². The molecule has 1 aromatic heterocycles. The summed E-state index contributed by atoms with van der Waals surface area (Å²) in [6.45, 7) is 0.991. The van der Waals surface area contributed by atoms with Crippen molar-refractivity contribution in [1.82, 2.24) is 14.4 Å². The smallest absolute Gasteiger partial charge is 0.480 e. The first-order valence-corrected chi connectivity index (χ1v) is 11.4. The molecular weight excluding hydrogens is 455 g/mol. The number of rotatable bonds is 9. The van der Waals surface area contributed by atoms with Crippen LogP contribution in [0.5, 0.6) is 5.75 Å². The van der Waals surface area contributed by atoms with E-state index in [1.807, 2.05) is 0 Å². The monoisotopic (exact) mass is 479 g/mol. The molecule has 176 valence electrons. The summed E-state index contributed by atoms with van der Waals surface area (Å²) in [6, 6.07) is 8.44. The molecule has 2 heterocycles. The van der Waals surface area contributed by atoms with Gasteiger partial charge in [-0.25, -0.2) is 4.79 Å². The lowest BCUT2D eigenvalue weighted by Gasteiger charge is -2.20. The molecule has 13 heteroatoms. The molecule has 1 saturated heterocycles. The molecule has 2 fully saturated rings. The fourth-order valence-corrected chi connectivity index (χ4v) is 4.72. The Labute approximate surface area is 189 Å². The van der Waals surface area contributed by atoms with Crippen molar-refractivity contribution in [1.29, 1.82) is 0 Å². The van der Waals surface area contributed by atoms with E-state index in [4.69, 9.17) is 19.8 Å². The molecule has 2 unspecified atom stereocenters. The molecule has 1 aliphatic carbocycles. The van der Waals surface area contributed by atoms with Gasteiger partial charge in [0.2, 0.25) is 0 Å². The van der Waals surface area contributed by atoms with Crippen molar-refractivity contribution in [2.75, 3.05) is 12.3 Å². The maximum absolute atomic E-state index is 12.8. The number of aromatic nitrogens is 2. The third-order valence-corrected chi connectivity index (χ3v) is 6.93. The van der Waals surface area contributed by atoms with Gasteiger partial charge < -0.3 is 25.5 Å². The molecule has 1 spiro atoms. The van der Waals surface area contributed by atoms with Gasteiger partial charge in [0.25, 0.3) is 0 Å². The number of anilines is 1. The first kappa shape index (κ1) is 23.3. The van der Waals surface area contributed by atoms with Crippen molar-refractivity contribution in [2.24, 2.45) is 5.41 Å². The molecule has 1 aromatic carbocycles. The van der Waals surface area contributed by atoms with Crippen LogP contribution in [-0.4, -0.2) is 55.4 Å². The highest BCUT2D eigenvalue weighted by molar-refractivity contribution is 7.36. The third kappa shape index (κ3) is 4.61. The molecule has 4 N–H and O–H groups in total. The molecule has 1 aliphatic heterocycles. The zero-order valence-corrected chi connectivity index (χ0v) is 18.6. The molecule has 1 saturated carbocycles. The number of aliphatic hydroxyl groups excluding tert-OH is 1. The number of ether oxygens (including phenoxy) is 1. The number of nitrogens with zero attached hydrogens (tertiary/aromatic N) is 3. The minimum atomic E-state index is -2.77. The molecule has 2 aliphatic rings. The maximum Gasteiger partial charge on any atom is 0.653 e. The lowest BCUT2D eigenvalue weighted by Crippen LogP contribution is -2.37. The second-order valence-corrected chi connectivity index (χ2v) is 9.13. The number of nitrogens with two attached hydrogens (primary N) is 1. The van der Waals surface area contributed by atoms with Gasteiger partial charge in [-0.1, -0.05) is 18.2 Å². The van der Waals surface area contributed by atoms with E-state index in [-0.39, 0.29) is 18.2 Å². The predicted octanol–water partition coefficient (Wildman–Crippen LogP) is 1.31. The number of aliphatic carboxylic acids is 1. The van der Waals surface area contributed by atoms with Crippen LogP contribution in [0.25, 0.3) is 0 Å². The SMILES string of the molecule is CC(C(=O)O)N(Oc1ccccc1)[P+](=O)OC[C@H]1O[C@@H](n2ccc(N)nc2=O)C2(CC2)[C@@H]1O. The number of hydrogen-bond donors (Lipinski definition) is 3. The number of benzene rings is 1. The zero-order valence-electron chi connectivity index (χ0n) is 17.7. The third-order valence-electron chi connectivity index (χ3n) is 5.81. The minimum Gasteiger partial charge on any atom is -0.480 e. The number of para-hydroxylation sites is 1. The fourth-order valence-electron chi connectivity index (χ4n) is 3.79. The van der Waals surface area contributed by atoms with E-state index in [0.717, 1.165) is 4.83 Å². The van der Waals surface area contributed by atoms with Gasteiger partial charge in [-0.15, -0.1) is 4.52 Å². The Bertz CT molecular complexity index is 1090. The van der Waals surface area contributed by atoms with Crippen LogP contribution in [0.15, 0.2) is 47.4 Å². The Kier molecular flexibility index (Phi) is 6.46. The number of aliphatic hydroxyl groups is 1. The second kappa shape index (κ2) is 9.16. The van der Waals surface area contributed by atoms with Gasteiger partial charge in [-0.2, -0.15) is 4.98 Å². The van der Waals surface area contributed by atoms with Crippen LogP contribution in [0.3, 0.4) is 0 Å². The van der Waals surface area contributed by atoms with Crippen LogP contribution >= 0.6 is 8.18 Å². The Morgan fingerprint density at radius 2 is 2.09 bits per heavy atom. The first-order valence-electron chi connectivity index (χ1n) is 10.3. The van der Waals surface area contributed by atoms with Gasteiger partial charge in [0.15, 0.2) is 11.8 Å². The summed E-state index contributed by atoms with van der Waals surface area (Å²) in [7, 11) is -2.77. The number of hydroxylamine groups is 1. The predicted molar refractivity (Wildman–Crippen MR) is 114 cm³/mol. The van der Waals surface area contributed by atoms with E-state index in [1.165, 1.54) is 23.8 Å². The summed E-state index contributed by atoms with van der Waals surface area (Å²) in [5.74, 6) is -0.910. The molecule has 0 radical (unpaired) electrons. The van der Waals surface area contributed by atoms with Crippen LogP contribution in [0.4, 0.5) is 5.82 Å². The van der Waals surface area contributed by atoms with Crippen molar-refractivity contribution in [3.63, 3.8) is 0 Å². The van der Waals surface area contributed by atoms with Crippen molar-refractivity contribution in [3.8, 4) is 5.75 Å². The number of hydrogen-bond acceptors (Lipinski definition) is 9. The Morgan fingerprint density at radius 1 is 1.39 bits per heavy atom. The van der Waals surface area contributed by atoms with Crippen molar-refractivity contribution >= 4 is 20.0 Å². The van der Waals surface area contributed by atoms with Crippen molar-refractivity contribution < 1.29 is 33.7 Å². The summed E-state index contributed by atoms with van der Waals surface area (Å²) < 4.78 is 25.4. The zero-order chi connectivity index (χ0) is 23.8. The van der Waals surface area contributed by atoms with E-state index in [0.29, 0.717) is 12.8 Å². The fraction of sp³-hybridized carbons (Fsp3) is 0.450. The van der Waals surface area contributed by atoms with E-state index >= 15 is 0 Å². The average molecular weight is 479 g/mol. The van der Waals surface area contributed by atoms with Gasteiger partial charge >= 0.3 is 19.8 Å².